The molecule has 0 radical (unpaired) electrons. The van der Waals surface area contributed by atoms with E-state index in [1.165, 1.54) is 19.2 Å². The molecule has 1 N–H and O–H groups in total. The Morgan fingerprint density at radius 3 is 2.65 bits per heavy atom. The van der Waals surface area contributed by atoms with Crippen LogP contribution in [0.2, 0.25) is 0 Å². The van der Waals surface area contributed by atoms with Crippen molar-refractivity contribution in [1.82, 2.24) is 0 Å². The molecule has 0 aliphatic carbocycles. The number of benzene rings is 2. The molecule has 0 unspecified atom stereocenters. The number of hydrogen-bond acceptors (Lipinski definition) is 6. The zero-order valence-electron chi connectivity index (χ0n) is 14.2. The van der Waals surface area contributed by atoms with Crippen LogP contribution in [0.3, 0.4) is 0 Å². The van der Waals surface area contributed by atoms with Gasteiger partial charge in [-0.1, -0.05) is 6.07 Å². The van der Waals surface area contributed by atoms with Gasteiger partial charge in [0, 0.05) is 24.2 Å². The van der Waals surface area contributed by atoms with E-state index in [1.54, 1.807) is 30.3 Å². The number of sulfone groups is 1. The molecule has 0 saturated carbocycles. The van der Waals surface area contributed by atoms with Crippen molar-refractivity contribution in [2.75, 3.05) is 31.4 Å². The Morgan fingerprint density at radius 2 is 1.88 bits per heavy atom. The van der Waals surface area contributed by atoms with E-state index in [0.717, 1.165) is 0 Å². The highest BCUT2D eigenvalue weighted by molar-refractivity contribution is 7.91. The normalized spacial score (nSPS) is 13.1. The van der Waals surface area contributed by atoms with E-state index in [2.05, 4.69) is 5.32 Å². The van der Waals surface area contributed by atoms with E-state index in [4.69, 9.17) is 14.2 Å². The van der Waals surface area contributed by atoms with Crippen LogP contribution in [0.1, 0.15) is 6.42 Å². The summed E-state index contributed by atoms with van der Waals surface area (Å²) in [6, 6.07) is 11.3. The fourth-order valence-electron chi connectivity index (χ4n) is 2.49. The summed E-state index contributed by atoms with van der Waals surface area (Å²) < 4.78 is 40.8. The molecule has 0 fully saturated rings. The molecule has 1 amide bonds. The van der Waals surface area contributed by atoms with Crippen molar-refractivity contribution in [3.05, 3.63) is 42.5 Å². The predicted octanol–water partition coefficient (Wildman–Crippen LogP) is 2.27. The van der Waals surface area contributed by atoms with Gasteiger partial charge >= 0.3 is 0 Å². The molecule has 8 heteroatoms. The highest BCUT2D eigenvalue weighted by atomic mass is 32.2. The molecular weight excluding hydrogens is 358 g/mol. The number of methoxy groups -OCH3 is 1. The average molecular weight is 377 g/mol. The lowest BCUT2D eigenvalue weighted by molar-refractivity contribution is -0.115. The molecule has 138 valence electrons. The number of ether oxygens (including phenoxy) is 3. The van der Waals surface area contributed by atoms with Gasteiger partial charge in [0.2, 0.25) is 5.91 Å². The molecule has 7 nitrogen and oxygen atoms in total. The van der Waals surface area contributed by atoms with Crippen LogP contribution in [0.5, 0.6) is 17.2 Å². The lowest BCUT2D eigenvalue weighted by Crippen LogP contribution is -2.18. The van der Waals surface area contributed by atoms with Gasteiger partial charge in [0.25, 0.3) is 0 Å². The second-order valence-electron chi connectivity index (χ2n) is 5.65. The first-order valence-corrected chi connectivity index (χ1v) is 9.69. The quantitative estimate of drug-likeness (QED) is 0.830. The highest BCUT2D eigenvalue weighted by Crippen LogP contribution is 2.32. The summed E-state index contributed by atoms with van der Waals surface area (Å²) in [5, 5.41) is 2.66. The van der Waals surface area contributed by atoms with Gasteiger partial charge < -0.3 is 19.5 Å². The van der Waals surface area contributed by atoms with Crippen molar-refractivity contribution in [2.24, 2.45) is 0 Å². The average Bonchev–Trinajstić information content (AvgIpc) is 2.66. The molecular formula is C18H19NO6S. The maximum Gasteiger partial charge on any atom is 0.225 e. The van der Waals surface area contributed by atoms with Gasteiger partial charge in [-0.15, -0.1) is 0 Å². The summed E-state index contributed by atoms with van der Waals surface area (Å²) >= 11 is 0. The van der Waals surface area contributed by atoms with Crippen molar-refractivity contribution in [3.63, 3.8) is 0 Å². The first-order valence-electron chi connectivity index (χ1n) is 8.04. The van der Waals surface area contributed by atoms with Gasteiger partial charge in [0.1, 0.15) is 19.0 Å². The van der Waals surface area contributed by atoms with Crippen LogP contribution in [0.25, 0.3) is 0 Å². The van der Waals surface area contributed by atoms with Gasteiger partial charge in [-0.05, 0) is 24.3 Å². The van der Waals surface area contributed by atoms with Gasteiger partial charge in [-0.25, -0.2) is 8.42 Å². The number of hydrogen-bond donors (Lipinski definition) is 1. The van der Waals surface area contributed by atoms with Crippen molar-refractivity contribution in [2.45, 2.75) is 11.3 Å². The van der Waals surface area contributed by atoms with Crippen molar-refractivity contribution in [1.29, 1.82) is 0 Å². The SMILES string of the molecule is COc1cccc(NC(=O)CCS(=O)(=O)c2ccc3c(c2)OCCO3)c1. The number of carbonyl (C=O) groups excluding carboxylic acids is 1. The molecule has 1 heterocycles. The molecule has 0 spiro atoms. The smallest absolute Gasteiger partial charge is 0.225 e. The van der Waals surface area contributed by atoms with Crippen molar-refractivity contribution >= 4 is 21.4 Å². The standard InChI is InChI=1S/C18H19NO6S/c1-23-14-4-2-3-13(11-14)19-18(20)7-10-26(21,22)15-5-6-16-17(12-15)25-9-8-24-16/h2-6,11-12H,7-10H2,1H3,(H,19,20). The molecule has 26 heavy (non-hydrogen) atoms. The van der Waals surface area contributed by atoms with E-state index in [1.807, 2.05) is 0 Å². The van der Waals surface area contributed by atoms with Crippen LogP contribution in [0.4, 0.5) is 5.69 Å². The van der Waals surface area contributed by atoms with Crippen LogP contribution < -0.4 is 19.5 Å². The first-order chi connectivity index (χ1) is 12.5. The predicted molar refractivity (Wildman–Crippen MR) is 95.7 cm³/mol. The van der Waals surface area contributed by atoms with Gasteiger partial charge in [-0.2, -0.15) is 0 Å². The van der Waals surface area contributed by atoms with Crippen LogP contribution in [0.15, 0.2) is 47.4 Å². The molecule has 0 aromatic heterocycles. The lowest BCUT2D eigenvalue weighted by atomic mass is 10.3. The van der Waals surface area contributed by atoms with E-state index in [0.29, 0.717) is 36.1 Å². The highest BCUT2D eigenvalue weighted by Gasteiger charge is 2.20. The third-order valence-electron chi connectivity index (χ3n) is 3.82. The Bertz CT molecular complexity index is 910. The molecule has 0 bridgehead atoms. The third-order valence-corrected chi connectivity index (χ3v) is 5.54. The van der Waals surface area contributed by atoms with E-state index >= 15 is 0 Å². The number of nitrogens with one attached hydrogen (secondary N) is 1. The third kappa shape index (κ3) is 4.26. The van der Waals surface area contributed by atoms with E-state index in [9.17, 15) is 13.2 Å². The Kier molecular flexibility index (Phi) is 5.32. The fraction of sp³-hybridized carbons (Fsp3) is 0.278. The molecule has 2 aromatic rings. The van der Waals surface area contributed by atoms with Crippen LogP contribution in [0, 0.1) is 0 Å². The maximum absolute atomic E-state index is 12.5. The zero-order chi connectivity index (χ0) is 18.6. The zero-order valence-corrected chi connectivity index (χ0v) is 15.0. The Morgan fingerprint density at radius 1 is 1.12 bits per heavy atom. The van der Waals surface area contributed by atoms with Gasteiger partial charge in [0.15, 0.2) is 21.3 Å². The topological polar surface area (TPSA) is 90.9 Å². The summed E-state index contributed by atoms with van der Waals surface area (Å²) in [6.07, 6.45) is -0.159. The Hall–Kier alpha value is -2.74. The summed E-state index contributed by atoms with van der Waals surface area (Å²) in [4.78, 5) is 12.2. The second kappa shape index (κ2) is 7.65. The number of anilines is 1. The monoisotopic (exact) mass is 377 g/mol. The van der Waals surface area contributed by atoms with Gasteiger partial charge in [0.05, 0.1) is 17.8 Å². The first kappa shape index (κ1) is 18.1. The number of fused-ring (bicyclic) bond motifs is 1. The fourth-order valence-corrected chi connectivity index (χ4v) is 3.74. The number of carbonyl (C=O) groups is 1. The van der Waals surface area contributed by atoms with E-state index < -0.39 is 9.84 Å². The molecule has 1 aliphatic rings. The molecule has 1 aliphatic heterocycles. The Labute approximate surface area is 151 Å². The van der Waals surface area contributed by atoms with Crippen LogP contribution in [-0.2, 0) is 14.6 Å². The van der Waals surface area contributed by atoms with Gasteiger partial charge in [-0.3, -0.25) is 4.79 Å². The Balaban J connectivity index is 1.63. The summed E-state index contributed by atoms with van der Waals surface area (Å²) in [7, 11) is -2.09. The summed E-state index contributed by atoms with van der Waals surface area (Å²) in [5.41, 5.74) is 0.547. The van der Waals surface area contributed by atoms with E-state index in [-0.39, 0.29) is 23.0 Å². The molecule has 0 atom stereocenters. The minimum Gasteiger partial charge on any atom is -0.497 e. The molecule has 2 aromatic carbocycles. The summed E-state index contributed by atoms with van der Waals surface area (Å²) in [6.45, 7) is 0.809. The molecule has 3 rings (SSSR count). The summed E-state index contributed by atoms with van der Waals surface area (Å²) in [5.74, 6) is 0.831. The number of amides is 1. The largest absolute Gasteiger partial charge is 0.497 e. The van der Waals surface area contributed by atoms with Crippen LogP contribution in [-0.4, -0.2) is 40.4 Å². The second-order valence-corrected chi connectivity index (χ2v) is 7.76. The van der Waals surface area contributed by atoms with Crippen molar-refractivity contribution < 1.29 is 27.4 Å². The lowest BCUT2D eigenvalue weighted by Gasteiger charge is -2.18. The van der Waals surface area contributed by atoms with Crippen molar-refractivity contribution in [3.8, 4) is 17.2 Å². The maximum atomic E-state index is 12.5. The minimum absolute atomic E-state index is 0.107. The van der Waals surface area contributed by atoms with Crippen LogP contribution >= 0.6 is 0 Å². The molecule has 0 saturated heterocycles. The number of rotatable bonds is 6. The minimum atomic E-state index is -3.62.